The van der Waals surface area contributed by atoms with Crippen molar-refractivity contribution in [1.82, 2.24) is 4.90 Å². The third-order valence-electron chi connectivity index (χ3n) is 5.60. The van der Waals surface area contributed by atoms with E-state index in [0.717, 1.165) is 22.2 Å². The number of likely N-dealkylation sites (tertiary alicyclic amines) is 1. The highest BCUT2D eigenvalue weighted by atomic mass is 127. The largest absolute Gasteiger partial charge is 0.292 e. The lowest BCUT2D eigenvalue weighted by atomic mass is 9.86. The molecule has 0 aromatic heterocycles. The van der Waals surface area contributed by atoms with Crippen LogP contribution >= 0.6 is 22.6 Å². The summed E-state index contributed by atoms with van der Waals surface area (Å²) in [6.07, 6.45) is 1.37. The number of nitrogens with zero attached hydrogens (tertiary/aromatic N) is 1. The molecule has 3 aromatic rings. The average Bonchev–Trinajstić information content (AvgIpc) is 2.67. The van der Waals surface area contributed by atoms with Gasteiger partial charge < -0.3 is 0 Å². The van der Waals surface area contributed by atoms with Gasteiger partial charge in [0.1, 0.15) is 0 Å². The summed E-state index contributed by atoms with van der Waals surface area (Å²) in [4.78, 5) is 2.39. The van der Waals surface area contributed by atoms with Crippen molar-refractivity contribution >= 4 is 32.4 Å². The molecule has 1 fully saturated rings. The van der Waals surface area contributed by atoms with Crippen LogP contribution in [0.4, 0.5) is 0 Å². The predicted octanol–water partition coefficient (Wildman–Crippen LogP) is 5.10. The van der Waals surface area contributed by atoms with Crippen molar-refractivity contribution in [3.05, 3.63) is 105 Å². The number of halogens is 1. The molecule has 0 spiro atoms. The maximum absolute atomic E-state index is 12.7. The highest BCUT2D eigenvalue weighted by molar-refractivity contribution is 14.1. The van der Waals surface area contributed by atoms with Crippen LogP contribution in [0.25, 0.3) is 0 Å². The minimum Gasteiger partial charge on any atom is -0.292 e. The van der Waals surface area contributed by atoms with Gasteiger partial charge in [-0.25, -0.2) is 8.42 Å². The molecule has 0 saturated carbocycles. The first kappa shape index (κ1) is 20.6. The third kappa shape index (κ3) is 4.57. The van der Waals surface area contributed by atoms with Gasteiger partial charge >= 0.3 is 0 Å². The molecular weight excluding hydrogens is 493 g/mol. The second-order valence-electron chi connectivity index (χ2n) is 7.74. The van der Waals surface area contributed by atoms with Crippen molar-refractivity contribution in [2.75, 3.05) is 19.3 Å². The minimum atomic E-state index is -3.20. The van der Waals surface area contributed by atoms with Gasteiger partial charge in [0, 0.05) is 28.8 Å². The lowest BCUT2D eigenvalue weighted by molar-refractivity contribution is 0.0655. The normalized spacial score (nSPS) is 16.5. The van der Waals surface area contributed by atoms with Crippen LogP contribution in [0, 0.1) is 9.49 Å². The number of hydrogen-bond acceptors (Lipinski definition) is 3. The fourth-order valence-corrected chi connectivity index (χ4v) is 6.47. The molecule has 1 aliphatic rings. The molecule has 5 heteroatoms. The average molecular weight is 517 g/mol. The first-order chi connectivity index (χ1) is 13.9. The van der Waals surface area contributed by atoms with E-state index >= 15 is 0 Å². The van der Waals surface area contributed by atoms with E-state index in [2.05, 4.69) is 76.0 Å². The Labute approximate surface area is 186 Å². The lowest BCUT2D eigenvalue weighted by Crippen LogP contribution is -2.52. The summed E-state index contributed by atoms with van der Waals surface area (Å²) in [6, 6.07) is 29.0. The van der Waals surface area contributed by atoms with Gasteiger partial charge in [-0.3, -0.25) is 4.90 Å². The number of benzene rings is 3. The molecule has 0 bridgehead atoms. The SMILES string of the molecule is CS(=O)(=O)C(c1cccc(I)c1)C1CN(C(c2ccccc2)c2ccccc2)C1. The topological polar surface area (TPSA) is 37.4 Å². The van der Waals surface area contributed by atoms with Crippen molar-refractivity contribution in [2.45, 2.75) is 11.3 Å². The van der Waals surface area contributed by atoms with E-state index in [9.17, 15) is 8.42 Å². The van der Waals surface area contributed by atoms with E-state index in [1.807, 2.05) is 36.4 Å². The zero-order chi connectivity index (χ0) is 20.4. The van der Waals surface area contributed by atoms with E-state index in [1.165, 1.54) is 17.4 Å². The standard InChI is InChI=1S/C24H24INO2S/c1-29(27,28)24(20-13-8-14-22(25)15-20)21-16-26(17-21)23(18-9-4-2-5-10-18)19-11-6-3-7-12-19/h2-15,21,23-24H,16-17H2,1H3. The van der Waals surface area contributed by atoms with Crippen LogP contribution in [0.5, 0.6) is 0 Å². The molecule has 1 aliphatic heterocycles. The molecule has 150 valence electrons. The van der Waals surface area contributed by atoms with Crippen molar-refractivity contribution in [2.24, 2.45) is 5.92 Å². The third-order valence-corrected chi connectivity index (χ3v) is 7.85. The summed E-state index contributed by atoms with van der Waals surface area (Å²) in [6.45, 7) is 1.52. The van der Waals surface area contributed by atoms with Crippen molar-refractivity contribution in [3.63, 3.8) is 0 Å². The maximum Gasteiger partial charge on any atom is 0.154 e. The molecule has 1 heterocycles. The monoisotopic (exact) mass is 517 g/mol. The molecule has 0 amide bonds. The summed E-state index contributed by atoms with van der Waals surface area (Å²) >= 11 is 2.25. The summed E-state index contributed by atoms with van der Waals surface area (Å²) in [7, 11) is -3.20. The second-order valence-corrected chi connectivity index (χ2v) is 11.2. The van der Waals surface area contributed by atoms with Crippen molar-refractivity contribution < 1.29 is 8.42 Å². The molecule has 1 saturated heterocycles. The Morgan fingerprint density at radius 3 is 1.83 bits per heavy atom. The van der Waals surface area contributed by atoms with Crippen molar-refractivity contribution in [1.29, 1.82) is 0 Å². The zero-order valence-electron chi connectivity index (χ0n) is 16.3. The molecule has 0 radical (unpaired) electrons. The van der Waals surface area contributed by atoms with Gasteiger partial charge in [0.15, 0.2) is 9.84 Å². The van der Waals surface area contributed by atoms with Gasteiger partial charge in [0.2, 0.25) is 0 Å². The van der Waals surface area contributed by atoms with E-state index in [1.54, 1.807) is 0 Å². The smallest absolute Gasteiger partial charge is 0.154 e. The lowest BCUT2D eigenvalue weighted by Gasteiger charge is -2.47. The molecule has 4 rings (SSSR count). The summed E-state index contributed by atoms with van der Waals surface area (Å²) in [5.41, 5.74) is 3.38. The predicted molar refractivity (Wildman–Crippen MR) is 127 cm³/mol. The number of hydrogen-bond donors (Lipinski definition) is 0. The Bertz CT molecular complexity index is 1020. The minimum absolute atomic E-state index is 0.0955. The number of rotatable bonds is 6. The van der Waals surface area contributed by atoms with E-state index in [-0.39, 0.29) is 12.0 Å². The van der Waals surface area contributed by atoms with Crippen LogP contribution in [0.15, 0.2) is 84.9 Å². The Hall–Kier alpha value is -1.70. The molecule has 0 N–H and O–H groups in total. The van der Waals surface area contributed by atoms with Gasteiger partial charge in [-0.2, -0.15) is 0 Å². The van der Waals surface area contributed by atoms with Crippen LogP contribution in [0.3, 0.4) is 0 Å². The summed E-state index contributed by atoms with van der Waals surface area (Å²) in [5.74, 6) is 0.0955. The quantitative estimate of drug-likeness (QED) is 0.428. The first-order valence-electron chi connectivity index (χ1n) is 9.72. The first-order valence-corrected chi connectivity index (χ1v) is 12.7. The van der Waals surface area contributed by atoms with Gasteiger partial charge in [-0.05, 0) is 51.4 Å². The van der Waals surface area contributed by atoms with E-state index in [4.69, 9.17) is 0 Å². The highest BCUT2D eigenvalue weighted by Gasteiger charge is 2.42. The Morgan fingerprint density at radius 2 is 1.34 bits per heavy atom. The molecule has 1 unspecified atom stereocenters. The van der Waals surface area contributed by atoms with Crippen molar-refractivity contribution in [3.8, 4) is 0 Å². The van der Waals surface area contributed by atoms with Crippen LogP contribution in [-0.4, -0.2) is 32.7 Å². The van der Waals surface area contributed by atoms with Crippen LogP contribution in [-0.2, 0) is 9.84 Å². The molecule has 0 aliphatic carbocycles. The molecule has 3 aromatic carbocycles. The molecule has 3 nitrogen and oxygen atoms in total. The van der Waals surface area contributed by atoms with Crippen LogP contribution < -0.4 is 0 Å². The van der Waals surface area contributed by atoms with Gasteiger partial charge in [0.25, 0.3) is 0 Å². The van der Waals surface area contributed by atoms with E-state index < -0.39 is 15.1 Å². The summed E-state index contributed by atoms with van der Waals surface area (Å²) in [5, 5.41) is -0.458. The fraction of sp³-hybridized carbons (Fsp3) is 0.250. The molecular formula is C24H24INO2S. The molecule has 1 atom stereocenters. The van der Waals surface area contributed by atoms with Gasteiger partial charge in [-0.15, -0.1) is 0 Å². The summed E-state index contributed by atoms with van der Waals surface area (Å²) < 4.78 is 26.4. The maximum atomic E-state index is 12.7. The fourth-order valence-electron chi connectivity index (χ4n) is 4.39. The van der Waals surface area contributed by atoms with E-state index in [0.29, 0.717) is 0 Å². The van der Waals surface area contributed by atoms with Crippen LogP contribution in [0.1, 0.15) is 28.0 Å². The Morgan fingerprint density at radius 1 is 0.828 bits per heavy atom. The zero-order valence-corrected chi connectivity index (χ0v) is 19.3. The Balaban J connectivity index is 1.62. The van der Waals surface area contributed by atoms with Gasteiger partial charge in [-0.1, -0.05) is 72.8 Å². The van der Waals surface area contributed by atoms with Crippen LogP contribution in [0.2, 0.25) is 0 Å². The van der Waals surface area contributed by atoms with Gasteiger partial charge in [0.05, 0.1) is 11.3 Å². The second kappa shape index (κ2) is 8.58. The molecule has 29 heavy (non-hydrogen) atoms. The Kier molecular flexibility index (Phi) is 6.08. The number of sulfone groups is 1. The highest BCUT2D eigenvalue weighted by Crippen LogP contribution is 2.41.